The first-order valence-electron chi connectivity index (χ1n) is 3.32. The van der Waals surface area contributed by atoms with E-state index < -0.39 is 0 Å². The third kappa shape index (κ3) is 1.79. The number of rotatable bonds is 2. The minimum atomic E-state index is -0.344. The summed E-state index contributed by atoms with van der Waals surface area (Å²) < 4.78 is 0. The van der Waals surface area contributed by atoms with Gasteiger partial charge in [-0.2, -0.15) is 0 Å². The quantitative estimate of drug-likeness (QED) is 0.420. The monoisotopic (exact) mass is 143 g/mol. The van der Waals surface area contributed by atoms with Crippen molar-refractivity contribution >= 4 is 5.78 Å². The lowest BCUT2D eigenvalue weighted by Crippen LogP contribution is -2.10. The molecule has 0 unspecified atom stereocenters. The maximum Gasteiger partial charge on any atom is 0.207 e. The van der Waals surface area contributed by atoms with Gasteiger partial charge in [0.15, 0.2) is 0 Å². The van der Waals surface area contributed by atoms with Gasteiger partial charge in [-0.15, -0.1) is 0 Å². The number of carbonyl (C=O) groups excluding carboxylic acids is 1. The second-order valence-corrected chi connectivity index (χ2v) is 2.66. The minimum Gasteiger partial charge on any atom is -0.300 e. The predicted molar refractivity (Wildman–Crippen MR) is 34.2 cm³/mol. The summed E-state index contributed by atoms with van der Waals surface area (Å²) in [5.74, 6) is 0.189. The van der Waals surface area contributed by atoms with Crippen LogP contribution < -0.4 is 0 Å². The molecule has 0 bridgehead atoms. The Morgan fingerprint density at radius 2 is 2.40 bits per heavy atom. The first-order chi connectivity index (χ1) is 4.68. The lowest BCUT2D eigenvalue weighted by Gasteiger charge is -1.98. The van der Waals surface area contributed by atoms with E-state index >= 15 is 0 Å². The van der Waals surface area contributed by atoms with Gasteiger partial charge >= 0.3 is 0 Å². The Bertz CT molecular complexity index is 166. The number of carbonyl (C=O) groups is 1. The van der Waals surface area contributed by atoms with Gasteiger partial charge in [-0.3, -0.25) is 14.9 Å². The van der Waals surface area contributed by atoms with Crippen molar-refractivity contribution in [2.45, 2.75) is 19.3 Å². The number of nitro groups is 1. The van der Waals surface area contributed by atoms with Crippen molar-refractivity contribution in [3.63, 3.8) is 0 Å². The molecule has 1 atom stereocenters. The van der Waals surface area contributed by atoms with Crippen molar-refractivity contribution in [3.05, 3.63) is 10.1 Å². The van der Waals surface area contributed by atoms with E-state index in [1.807, 2.05) is 0 Å². The van der Waals surface area contributed by atoms with E-state index in [9.17, 15) is 14.9 Å². The topological polar surface area (TPSA) is 60.2 Å². The zero-order valence-corrected chi connectivity index (χ0v) is 5.58. The maximum atomic E-state index is 10.6. The number of hydrogen-bond donors (Lipinski definition) is 0. The van der Waals surface area contributed by atoms with Gasteiger partial charge in [0.2, 0.25) is 6.54 Å². The van der Waals surface area contributed by atoms with E-state index in [0.29, 0.717) is 19.3 Å². The summed E-state index contributed by atoms with van der Waals surface area (Å²) in [6, 6.07) is 0. The van der Waals surface area contributed by atoms with Gasteiger partial charge in [0.25, 0.3) is 0 Å². The van der Waals surface area contributed by atoms with Gasteiger partial charge in [-0.25, -0.2) is 0 Å². The molecule has 4 nitrogen and oxygen atoms in total. The van der Waals surface area contributed by atoms with Crippen LogP contribution >= 0.6 is 0 Å². The zero-order chi connectivity index (χ0) is 7.56. The highest BCUT2D eigenvalue weighted by atomic mass is 16.6. The van der Waals surface area contributed by atoms with E-state index in [-0.39, 0.29) is 23.2 Å². The van der Waals surface area contributed by atoms with Crippen molar-refractivity contribution in [1.29, 1.82) is 0 Å². The Kier molecular flexibility index (Phi) is 1.99. The molecule has 0 spiro atoms. The van der Waals surface area contributed by atoms with Crippen molar-refractivity contribution in [2.75, 3.05) is 6.54 Å². The molecule has 0 N–H and O–H groups in total. The maximum absolute atomic E-state index is 10.6. The second-order valence-electron chi connectivity index (χ2n) is 2.66. The van der Waals surface area contributed by atoms with Crippen LogP contribution in [0.15, 0.2) is 0 Å². The Morgan fingerprint density at radius 3 is 2.80 bits per heavy atom. The molecule has 10 heavy (non-hydrogen) atoms. The Morgan fingerprint density at radius 1 is 1.70 bits per heavy atom. The predicted octanol–water partition coefficient (Wildman–Crippen LogP) is 0.632. The van der Waals surface area contributed by atoms with E-state index in [4.69, 9.17) is 0 Å². The smallest absolute Gasteiger partial charge is 0.207 e. The third-order valence-corrected chi connectivity index (χ3v) is 1.76. The highest BCUT2D eigenvalue weighted by Crippen LogP contribution is 2.21. The lowest BCUT2D eigenvalue weighted by atomic mass is 10.1. The highest BCUT2D eigenvalue weighted by Gasteiger charge is 2.25. The van der Waals surface area contributed by atoms with Gasteiger partial charge < -0.3 is 0 Å². The molecule has 0 radical (unpaired) electrons. The molecule has 0 aromatic rings. The average molecular weight is 143 g/mol. The van der Waals surface area contributed by atoms with Crippen LogP contribution in [0.4, 0.5) is 0 Å². The summed E-state index contributed by atoms with van der Waals surface area (Å²) in [6.45, 7) is -0.0360. The van der Waals surface area contributed by atoms with E-state index in [0.717, 1.165) is 0 Å². The van der Waals surface area contributed by atoms with Gasteiger partial charge in [0.05, 0.1) is 0 Å². The van der Waals surface area contributed by atoms with Crippen molar-refractivity contribution < 1.29 is 9.72 Å². The first-order valence-corrected chi connectivity index (χ1v) is 3.32. The molecule has 0 amide bonds. The summed E-state index contributed by atoms with van der Waals surface area (Å²) in [4.78, 5) is 20.2. The van der Waals surface area contributed by atoms with E-state index in [1.165, 1.54) is 0 Å². The summed E-state index contributed by atoms with van der Waals surface area (Å²) in [7, 11) is 0. The molecular weight excluding hydrogens is 134 g/mol. The van der Waals surface area contributed by atoms with Crippen molar-refractivity contribution in [2.24, 2.45) is 5.92 Å². The van der Waals surface area contributed by atoms with Crippen LogP contribution in [0, 0.1) is 16.0 Å². The number of nitrogens with zero attached hydrogens (tertiary/aromatic N) is 1. The van der Waals surface area contributed by atoms with Gasteiger partial charge in [-0.05, 0) is 6.42 Å². The molecule has 0 saturated heterocycles. The summed E-state index contributed by atoms with van der Waals surface area (Å²) in [5.41, 5.74) is 0. The number of hydrogen-bond acceptors (Lipinski definition) is 3. The molecule has 0 aromatic heterocycles. The fourth-order valence-electron chi connectivity index (χ4n) is 1.26. The molecule has 1 saturated carbocycles. The highest BCUT2D eigenvalue weighted by molar-refractivity contribution is 5.80. The second kappa shape index (κ2) is 2.77. The molecule has 1 aliphatic carbocycles. The molecule has 0 heterocycles. The average Bonchev–Trinajstić information content (AvgIpc) is 2.13. The SMILES string of the molecule is O=C1CC[C@H](C[N+](=O)[O-])C1. The van der Waals surface area contributed by atoms with Crippen LogP contribution in [0.3, 0.4) is 0 Å². The standard InChI is InChI=1S/C6H9NO3/c8-6-2-1-5(3-6)4-7(9)10/h5H,1-4H2/t5-/m0/s1. The first kappa shape index (κ1) is 7.18. The summed E-state index contributed by atoms with van der Waals surface area (Å²) in [5, 5.41) is 9.96. The fourth-order valence-corrected chi connectivity index (χ4v) is 1.26. The molecule has 56 valence electrons. The molecule has 1 aliphatic rings. The van der Waals surface area contributed by atoms with Gasteiger partial charge in [0.1, 0.15) is 5.78 Å². The van der Waals surface area contributed by atoms with Crippen LogP contribution in [-0.4, -0.2) is 17.3 Å². The summed E-state index contributed by atoms with van der Waals surface area (Å²) >= 11 is 0. The van der Waals surface area contributed by atoms with E-state index in [2.05, 4.69) is 0 Å². The molecule has 0 aliphatic heterocycles. The van der Waals surface area contributed by atoms with Crippen molar-refractivity contribution in [1.82, 2.24) is 0 Å². The van der Waals surface area contributed by atoms with Crippen LogP contribution in [-0.2, 0) is 4.79 Å². The molecule has 1 fully saturated rings. The van der Waals surface area contributed by atoms with Gasteiger partial charge in [0, 0.05) is 23.7 Å². The number of Topliss-reactive ketones (excluding diaryl/α,β-unsaturated/α-hetero) is 1. The molecular formula is C6H9NO3. The third-order valence-electron chi connectivity index (χ3n) is 1.76. The fraction of sp³-hybridized carbons (Fsp3) is 0.833. The van der Waals surface area contributed by atoms with Crippen LogP contribution in [0.25, 0.3) is 0 Å². The Labute approximate surface area is 58.4 Å². The van der Waals surface area contributed by atoms with Gasteiger partial charge in [-0.1, -0.05) is 0 Å². The van der Waals surface area contributed by atoms with Crippen LogP contribution in [0.2, 0.25) is 0 Å². The Balaban J connectivity index is 2.31. The zero-order valence-electron chi connectivity index (χ0n) is 5.58. The molecule has 0 aromatic carbocycles. The van der Waals surface area contributed by atoms with Crippen LogP contribution in [0.5, 0.6) is 0 Å². The lowest BCUT2D eigenvalue weighted by molar-refractivity contribution is -0.487. The molecule has 4 heteroatoms. The summed E-state index contributed by atoms with van der Waals surface area (Å²) in [6.07, 6.45) is 1.67. The normalized spacial score (nSPS) is 25.2. The van der Waals surface area contributed by atoms with Crippen LogP contribution in [0.1, 0.15) is 19.3 Å². The Hall–Kier alpha value is -0.930. The van der Waals surface area contributed by atoms with Crippen molar-refractivity contribution in [3.8, 4) is 0 Å². The largest absolute Gasteiger partial charge is 0.300 e. The number of ketones is 1. The minimum absolute atomic E-state index is 0.0162. The van der Waals surface area contributed by atoms with E-state index in [1.54, 1.807) is 0 Å². The molecule has 1 rings (SSSR count).